The first-order chi connectivity index (χ1) is 17.7. The number of alkyl halides is 1. The first-order valence-corrected chi connectivity index (χ1v) is 14.1. The highest BCUT2D eigenvalue weighted by Crippen LogP contribution is 2.61. The Labute approximate surface area is 233 Å². The maximum Gasteiger partial charge on any atom is 0.310 e. The van der Waals surface area contributed by atoms with Crippen LogP contribution in [0.3, 0.4) is 0 Å². The number of amides is 2. The molecular formula is C29H39BrN2O6. The van der Waals surface area contributed by atoms with Gasteiger partial charge in [0.05, 0.1) is 30.6 Å². The van der Waals surface area contributed by atoms with Crippen LogP contribution in [0.2, 0.25) is 0 Å². The molecule has 0 saturated carbocycles. The predicted molar refractivity (Wildman–Crippen MR) is 147 cm³/mol. The number of aliphatic hydroxyl groups excluding tert-OH is 1. The Bertz CT molecular complexity index is 1100. The number of likely N-dealkylation sites (tertiary alicyclic amines) is 1. The normalized spacial score (nSPS) is 31.3. The summed E-state index contributed by atoms with van der Waals surface area (Å²) in [5.41, 5.74) is -1.36. The van der Waals surface area contributed by atoms with E-state index in [1.165, 1.54) is 4.90 Å². The number of hydrogen-bond acceptors (Lipinski definition) is 5. The van der Waals surface area contributed by atoms with E-state index in [4.69, 9.17) is 4.74 Å². The van der Waals surface area contributed by atoms with Gasteiger partial charge < -0.3 is 24.7 Å². The first kappa shape index (κ1) is 28.8. The lowest BCUT2D eigenvalue weighted by atomic mass is 9.70. The lowest BCUT2D eigenvalue weighted by Gasteiger charge is -2.46. The molecule has 2 N–H and O–H groups in total. The fourth-order valence-electron chi connectivity index (χ4n) is 7.30. The number of carboxylic acids is 1. The van der Waals surface area contributed by atoms with Crippen molar-refractivity contribution in [2.45, 2.75) is 81.6 Å². The molecule has 208 valence electrons. The van der Waals surface area contributed by atoms with E-state index in [2.05, 4.69) is 43.3 Å². The number of ether oxygens (including phenoxy) is 1. The first-order valence-electron chi connectivity index (χ1n) is 13.2. The third kappa shape index (κ3) is 4.60. The minimum absolute atomic E-state index is 0.0927. The molecule has 1 aromatic rings. The summed E-state index contributed by atoms with van der Waals surface area (Å²) >= 11 is 3.59. The second-order valence-electron chi connectivity index (χ2n) is 12.6. The Morgan fingerprint density at radius 1 is 1.26 bits per heavy atom. The zero-order valence-electron chi connectivity index (χ0n) is 22.8. The van der Waals surface area contributed by atoms with Crippen molar-refractivity contribution >= 4 is 33.7 Å². The molecule has 0 aromatic heterocycles. The van der Waals surface area contributed by atoms with Crippen LogP contribution in [0.1, 0.15) is 59.1 Å². The monoisotopic (exact) mass is 590 g/mol. The Kier molecular flexibility index (Phi) is 7.62. The molecular weight excluding hydrogens is 552 g/mol. The van der Waals surface area contributed by atoms with Crippen molar-refractivity contribution in [3.63, 3.8) is 0 Å². The highest BCUT2D eigenvalue weighted by molar-refractivity contribution is 9.09. The number of carboxylic acid groups (broad SMARTS) is 1. The Balaban J connectivity index is 1.88. The average molecular weight is 592 g/mol. The zero-order chi connectivity index (χ0) is 28.2. The van der Waals surface area contributed by atoms with E-state index in [1.54, 1.807) is 23.1 Å². The van der Waals surface area contributed by atoms with Crippen molar-refractivity contribution in [3.05, 3.63) is 48.6 Å². The zero-order valence-corrected chi connectivity index (χ0v) is 24.3. The molecule has 3 fully saturated rings. The van der Waals surface area contributed by atoms with Gasteiger partial charge in [0, 0.05) is 16.9 Å². The molecule has 2 bridgehead atoms. The highest BCUT2D eigenvalue weighted by Gasteiger charge is 2.77. The quantitative estimate of drug-likeness (QED) is 0.335. The number of benzene rings is 1. The Morgan fingerprint density at radius 3 is 2.42 bits per heavy atom. The maximum absolute atomic E-state index is 14.7. The van der Waals surface area contributed by atoms with Crippen molar-refractivity contribution in [1.29, 1.82) is 0 Å². The van der Waals surface area contributed by atoms with Crippen LogP contribution < -0.4 is 0 Å². The molecule has 7 atom stereocenters. The Hall–Kier alpha value is -2.23. The molecule has 8 nitrogen and oxygen atoms in total. The van der Waals surface area contributed by atoms with Gasteiger partial charge in [0.25, 0.3) is 0 Å². The molecule has 0 radical (unpaired) electrons. The molecule has 3 saturated heterocycles. The third-order valence-electron chi connectivity index (χ3n) is 8.21. The molecule has 1 aromatic carbocycles. The number of carbonyl (C=O) groups excluding carboxylic acids is 2. The molecule has 9 heteroatoms. The predicted octanol–water partition coefficient (Wildman–Crippen LogP) is 3.78. The van der Waals surface area contributed by atoms with E-state index in [9.17, 15) is 24.6 Å². The number of nitrogens with zero attached hydrogens (tertiary/aromatic N) is 2. The van der Waals surface area contributed by atoms with Crippen LogP contribution in [0, 0.1) is 17.3 Å². The van der Waals surface area contributed by atoms with E-state index in [0.29, 0.717) is 18.4 Å². The number of rotatable bonds is 9. The average Bonchev–Trinajstić information content (AvgIpc) is 3.40. The summed E-state index contributed by atoms with van der Waals surface area (Å²) in [6, 6.07) is 7.11. The summed E-state index contributed by atoms with van der Waals surface area (Å²) in [5, 5.41) is 20.7. The molecule has 2 amide bonds. The summed E-state index contributed by atoms with van der Waals surface area (Å²) in [5.74, 6) is -4.03. The van der Waals surface area contributed by atoms with Crippen molar-refractivity contribution < 1.29 is 29.3 Å². The number of halogens is 1. The molecule has 3 heterocycles. The lowest BCUT2D eigenvalue weighted by Crippen LogP contribution is -2.61. The van der Waals surface area contributed by atoms with E-state index in [-0.39, 0.29) is 22.7 Å². The van der Waals surface area contributed by atoms with Gasteiger partial charge in [-0.1, -0.05) is 73.1 Å². The smallest absolute Gasteiger partial charge is 0.310 e. The van der Waals surface area contributed by atoms with Gasteiger partial charge in [0.15, 0.2) is 0 Å². The summed E-state index contributed by atoms with van der Waals surface area (Å²) in [7, 11) is 0. The van der Waals surface area contributed by atoms with Crippen molar-refractivity contribution in [1.82, 2.24) is 9.80 Å². The van der Waals surface area contributed by atoms with Gasteiger partial charge in [0.1, 0.15) is 11.6 Å². The number of aliphatic carboxylic acids is 1. The summed E-state index contributed by atoms with van der Waals surface area (Å²) in [6.45, 7) is 14.0. The van der Waals surface area contributed by atoms with Crippen molar-refractivity contribution in [2.75, 3.05) is 13.2 Å². The van der Waals surface area contributed by atoms with Crippen LogP contribution in [0.5, 0.6) is 0 Å². The third-order valence-corrected chi connectivity index (χ3v) is 9.06. The highest BCUT2D eigenvalue weighted by atomic mass is 79.9. The topological polar surface area (TPSA) is 107 Å². The fourth-order valence-corrected chi connectivity index (χ4v) is 8.24. The summed E-state index contributed by atoms with van der Waals surface area (Å²) < 4.78 is 6.43. The largest absolute Gasteiger partial charge is 0.481 e. The fraction of sp³-hybridized carbons (Fsp3) is 0.621. The van der Waals surface area contributed by atoms with Crippen molar-refractivity contribution in [2.24, 2.45) is 17.3 Å². The van der Waals surface area contributed by atoms with Crippen LogP contribution in [0.25, 0.3) is 0 Å². The Morgan fingerprint density at radius 2 is 1.89 bits per heavy atom. The minimum Gasteiger partial charge on any atom is -0.481 e. The molecule has 4 rings (SSSR count). The van der Waals surface area contributed by atoms with Crippen molar-refractivity contribution in [3.8, 4) is 0 Å². The van der Waals surface area contributed by atoms with E-state index < -0.39 is 59.6 Å². The van der Waals surface area contributed by atoms with Gasteiger partial charge in [0.2, 0.25) is 11.8 Å². The van der Waals surface area contributed by atoms with E-state index in [1.807, 2.05) is 32.0 Å². The van der Waals surface area contributed by atoms with E-state index in [0.717, 1.165) is 0 Å². The molecule has 0 aliphatic carbocycles. The minimum atomic E-state index is -1.32. The van der Waals surface area contributed by atoms with Crippen LogP contribution >= 0.6 is 15.9 Å². The molecule has 3 aliphatic heterocycles. The van der Waals surface area contributed by atoms with Crippen LogP contribution in [-0.2, 0) is 19.1 Å². The molecule has 1 unspecified atom stereocenters. The van der Waals surface area contributed by atoms with Gasteiger partial charge in [-0.2, -0.15) is 0 Å². The number of aliphatic hydroxyl groups is 1. The van der Waals surface area contributed by atoms with Crippen LogP contribution in [0.15, 0.2) is 43.0 Å². The summed E-state index contributed by atoms with van der Waals surface area (Å²) in [6.07, 6.45) is 1.94. The SMILES string of the molecule is C=CCN(C(=O)[C@@H]1N([C@H](CO)c2ccccc2)C(=O)[C@H]2[C@H](C(=O)O)[C@H]3O[C@@]12CC3Br)C(C)(C)CC(C)(C)C. The molecule has 38 heavy (non-hydrogen) atoms. The van der Waals surface area contributed by atoms with Gasteiger partial charge in [-0.3, -0.25) is 14.4 Å². The number of carbonyl (C=O) groups is 3. The molecule has 3 aliphatic rings. The summed E-state index contributed by atoms with van der Waals surface area (Å²) in [4.78, 5) is 44.2. The second kappa shape index (κ2) is 10.1. The standard InChI is InChI=1S/C29H39BrN2O6/c1-7-13-31(28(5,6)16-27(2,3)4)25(35)23-29-14-18(30)22(38-29)20(26(36)37)21(29)24(34)32(23)19(15-33)17-11-9-8-10-12-17/h7-12,18-23,33H,1,13-16H2,2-6H3,(H,36,37)/t18?,19-,20+,21-,22+,23+,29-/m1/s1. The van der Waals surface area contributed by atoms with Gasteiger partial charge in [-0.05, 0) is 37.7 Å². The van der Waals surface area contributed by atoms with E-state index >= 15 is 0 Å². The maximum atomic E-state index is 14.7. The molecule has 1 spiro atoms. The van der Waals surface area contributed by atoms with Crippen LogP contribution in [0.4, 0.5) is 0 Å². The lowest BCUT2D eigenvalue weighted by molar-refractivity contribution is -0.156. The number of fused-ring (bicyclic) bond motifs is 1. The number of hydrogen-bond donors (Lipinski definition) is 2. The van der Waals surface area contributed by atoms with Gasteiger partial charge in [-0.25, -0.2) is 0 Å². The second-order valence-corrected chi connectivity index (χ2v) is 13.8. The van der Waals surface area contributed by atoms with Crippen LogP contribution in [-0.4, -0.2) is 79.1 Å². The van der Waals surface area contributed by atoms with Gasteiger partial charge >= 0.3 is 5.97 Å². The van der Waals surface area contributed by atoms with Gasteiger partial charge in [-0.15, -0.1) is 6.58 Å².